The van der Waals surface area contributed by atoms with Crippen LogP contribution in [-0.2, 0) is 22.6 Å². The van der Waals surface area contributed by atoms with Crippen LogP contribution in [0.1, 0.15) is 65.0 Å². The molecule has 198 valence electrons. The van der Waals surface area contributed by atoms with E-state index in [1.165, 1.54) is 0 Å². The van der Waals surface area contributed by atoms with E-state index in [-0.39, 0.29) is 30.8 Å². The molecule has 2 aromatic carbocycles. The van der Waals surface area contributed by atoms with Gasteiger partial charge < -0.3 is 19.7 Å². The molecular formula is C28H38Cl2N2O4. The van der Waals surface area contributed by atoms with Crippen LogP contribution < -0.4 is 14.8 Å². The Labute approximate surface area is 225 Å². The number of ether oxygens (including phenoxy) is 2. The van der Waals surface area contributed by atoms with Crippen molar-refractivity contribution >= 4 is 35.0 Å². The Morgan fingerprint density at radius 2 is 1.56 bits per heavy atom. The maximum Gasteiger partial charge on any atom is 0.243 e. The first-order valence-corrected chi connectivity index (χ1v) is 13.4. The van der Waals surface area contributed by atoms with Crippen molar-refractivity contribution in [2.75, 3.05) is 13.2 Å². The van der Waals surface area contributed by atoms with Gasteiger partial charge in [0.05, 0.1) is 23.3 Å². The molecule has 0 unspecified atom stereocenters. The van der Waals surface area contributed by atoms with E-state index in [2.05, 4.69) is 5.32 Å². The molecule has 2 aromatic rings. The summed E-state index contributed by atoms with van der Waals surface area (Å²) in [5.74, 6) is 1.08. The molecule has 0 saturated carbocycles. The number of carbonyl (C=O) groups excluding carboxylic acids is 2. The molecule has 2 amide bonds. The van der Waals surface area contributed by atoms with Gasteiger partial charge in [-0.3, -0.25) is 9.59 Å². The van der Waals surface area contributed by atoms with Crippen molar-refractivity contribution in [3.8, 4) is 11.5 Å². The summed E-state index contributed by atoms with van der Waals surface area (Å²) in [6, 6.07) is 10.4. The minimum absolute atomic E-state index is 0.0225. The molecule has 1 N–H and O–H groups in total. The van der Waals surface area contributed by atoms with Crippen LogP contribution in [0.5, 0.6) is 11.5 Å². The van der Waals surface area contributed by atoms with Crippen molar-refractivity contribution in [3.05, 3.63) is 57.6 Å². The molecule has 2 rings (SSSR count). The molecule has 0 fully saturated rings. The Balaban J connectivity index is 2.26. The van der Waals surface area contributed by atoms with Gasteiger partial charge in [0.25, 0.3) is 0 Å². The Morgan fingerprint density at radius 1 is 0.889 bits per heavy atom. The highest BCUT2D eigenvalue weighted by molar-refractivity contribution is 6.42. The van der Waals surface area contributed by atoms with Crippen LogP contribution in [0.3, 0.4) is 0 Å². The predicted octanol–water partition coefficient (Wildman–Crippen LogP) is 6.45. The lowest BCUT2D eigenvalue weighted by atomic mass is 10.1. The van der Waals surface area contributed by atoms with Gasteiger partial charge in [-0.15, -0.1) is 0 Å². The average molecular weight is 538 g/mol. The molecule has 0 aliphatic carbocycles. The number of hydrogen-bond donors (Lipinski definition) is 1. The van der Waals surface area contributed by atoms with Crippen LogP contribution in [0, 0.1) is 0 Å². The van der Waals surface area contributed by atoms with E-state index < -0.39 is 6.04 Å². The fraction of sp³-hybridized carbons (Fsp3) is 0.500. The number of rotatable bonds is 14. The SMILES string of the molecule is CCOc1ccc(CCC(=O)N(Cc2ccc(Cl)c(Cl)c2)[C@H](CC)C(=O)N[C@H](C)CC)cc1OCC. The van der Waals surface area contributed by atoms with E-state index in [1.807, 2.05) is 58.9 Å². The van der Waals surface area contributed by atoms with E-state index in [9.17, 15) is 9.59 Å². The number of carbonyl (C=O) groups is 2. The summed E-state index contributed by atoms with van der Waals surface area (Å²) < 4.78 is 11.4. The third kappa shape index (κ3) is 8.59. The monoisotopic (exact) mass is 536 g/mol. The summed E-state index contributed by atoms with van der Waals surface area (Å²) in [5, 5.41) is 3.88. The Kier molecular flexibility index (Phi) is 12.4. The Bertz CT molecular complexity index is 1020. The van der Waals surface area contributed by atoms with Gasteiger partial charge in [-0.2, -0.15) is 0 Å². The van der Waals surface area contributed by atoms with Crippen LogP contribution >= 0.6 is 23.2 Å². The van der Waals surface area contributed by atoms with Crippen LogP contribution in [0.2, 0.25) is 10.0 Å². The summed E-state index contributed by atoms with van der Waals surface area (Å²) >= 11 is 12.3. The minimum Gasteiger partial charge on any atom is -0.490 e. The number of amides is 2. The molecule has 0 aliphatic rings. The maximum absolute atomic E-state index is 13.5. The van der Waals surface area contributed by atoms with Gasteiger partial charge >= 0.3 is 0 Å². The fourth-order valence-corrected chi connectivity index (χ4v) is 4.16. The third-order valence-electron chi connectivity index (χ3n) is 5.96. The quantitative estimate of drug-likeness (QED) is 0.301. The van der Waals surface area contributed by atoms with Crippen LogP contribution in [0.4, 0.5) is 0 Å². The van der Waals surface area contributed by atoms with Gasteiger partial charge in [0, 0.05) is 19.0 Å². The summed E-state index contributed by atoms with van der Waals surface area (Å²) in [4.78, 5) is 28.3. The topological polar surface area (TPSA) is 67.9 Å². The second-order valence-electron chi connectivity index (χ2n) is 8.66. The lowest BCUT2D eigenvalue weighted by molar-refractivity contribution is -0.141. The van der Waals surface area contributed by atoms with Crippen molar-refractivity contribution in [2.45, 2.75) is 78.9 Å². The zero-order valence-electron chi connectivity index (χ0n) is 21.9. The molecule has 0 radical (unpaired) electrons. The van der Waals surface area contributed by atoms with Crippen molar-refractivity contribution in [3.63, 3.8) is 0 Å². The minimum atomic E-state index is -0.597. The number of aryl methyl sites for hydroxylation is 1. The third-order valence-corrected chi connectivity index (χ3v) is 6.70. The van der Waals surface area contributed by atoms with Gasteiger partial charge in [-0.05, 0) is 75.4 Å². The van der Waals surface area contributed by atoms with E-state index >= 15 is 0 Å². The lowest BCUT2D eigenvalue weighted by Crippen LogP contribution is -2.50. The second kappa shape index (κ2) is 15.0. The summed E-state index contributed by atoms with van der Waals surface area (Å²) in [6.07, 6.45) is 2.05. The van der Waals surface area contributed by atoms with Gasteiger partial charge in [-0.25, -0.2) is 0 Å². The summed E-state index contributed by atoms with van der Waals surface area (Å²) in [5.41, 5.74) is 1.77. The molecule has 0 spiro atoms. The molecule has 8 heteroatoms. The highest BCUT2D eigenvalue weighted by Gasteiger charge is 2.29. The molecule has 0 bridgehead atoms. The highest BCUT2D eigenvalue weighted by atomic mass is 35.5. The van der Waals surface area contributed by atoms with Crippen LogP contribution in [0.25, 0.3) is 0 Å². The van der Waals surface area contributed by atoms with Crippen LogP contribution in [-0.4, -0.2) is 42.0 Å². The predicted molar refractivity (Wildman–Crippen MR) is 146 cm³/mol. The second-order valence-corrected chi connectivity index (χ2v) is 9.47. The molecule has 6 nitrogen and oxygen atoms in total. The summed E-state index contributed by atoms with van der Waals surface area (Å²) in [6.45, 7) is 11.0. The number of nitrogens with zero attached hydrogens (tertiary/aromatic N) is 1. The normalized spacial score (nSPS) is 12.5. The standard InChI is InChI=1S/C28H38Cl2N2O4/c1-6-19(5)31-28(34)24(7-2)32(18-21-10-13-22(29)23(30)16-21)27(33)15-12-20-11-14-25(35-8-3)26(17-20)36-9-4/h10-11,13-14,16-17,19,24H,6-9,12,15,18H2,1-5H3,(H,31,34)/t19-,24-/m1/s1. The molecule has 0 saturated heterocycles. The number of benzene rings is 2. The lowest BCUT2D eigenvalue weighted by Gasteiger charge is -2.31. The molecule has 0 heterocycles. The molecule has 0 aliphatic heterocycles. The van der Waals surface area contributed by atoms with E-state index in [4.69, 9.17) is 32.7 Å². The van der Waals surface area contributed by atoms with Crippen molar-refractivity contribution < 1.29 is 19.1 Å². The Morgan fingerprint density at radius 3 is 2.17 bits per heavy atom. The van der Waals surface area contributed by atoms with Crippen molar-refractivity contribution in [2.24, 2.45) is 0 Å². The fourth-order valence-electron chi connectivity index (χ4n) is 3.84. The first-order valence-electron chi connectivity index (χ1n) is 12.7. The zero-order valence-corrected chi connectivity index (χ0v) is 23.4. The van der Waals surface area contributed by atoms with Gasteiger partial charge in [0.2, 0.25) is 11.8 Å². The van der Waals surface area contributed by atoms with Crippen molar-refractivity contribution in [1.82, 2.24) is 10.2 Å². The maximum atomic E-state index is 13.5. The summed E-state index contributed by atoms with van der Waals surface area (Å²) in [7, 11) is 0. The average Bonchev–Trinajstić information content (AvgIpc) is 2.86. The zero-order chi connectivity index (χ0) is 26.7. The number of nitrogens with one attached hydrogen (secondary N) is 1. The van der Waals surface area contributed by atoms with Gasteiger partial charge in [-0.1, -0.05) is 49.2 Å². The molecule has 2 atom stereocenters. The largest absolute Gasteiger partial charge is 0.490 e. The smallest absolute Gasteiger partial charge is 0.243 e. The van der Waals surface area contributed by atoms with Gasteiger partial charge in [0.15, 0.2) is 11.5 Å². The Hall–Kier alpha value is -2.44. The van der Waals surface area contributed by atoms with E-state index in [0.29, 0.717) is 47.6 Å². The van der Waals surface area contributed by atoms with E-state index in [0.717, 1.165) is 17.5 Å². The molecule has 0 aromatic heterocycles. The highest BCUT2D eigenvalue weighted by Crippen LogP contribution is 2.29. The van der Waals surface area contributed by atoms with E-state index in [1.54, 1.807) is 17.0 Å². The van der Waals surface area contributed by atoms with Gasteiger partial charge in [0.1, 0.15) is 6.04 Å². The first-order chi connectivity index (χ1) is 17.2. The number of halogens is 2. The van der Waals surface area contributed by atoms with Crippen LogP contribution in [0.15, 0.2) is 36.4 Å². The number of hydrogen-bond acceptors (Lipinski definition) is 4. The first kappa shape index (κ1) is 29.8. The molecular weight excluding hydrogens is 499 g/mol. The van der Waals surface area contributed by atoms with Crippen molar-refractivity contribution in [1.29, 1.82) is 0 Å². The molecule has 36 heavy (non-hydrogen) atoms.